The molecule has 0 saturated carbocycles. The monoisotopic (exact) mass is 1500 g/mol. The van der Waals surface area contributed by atoms with Crippen molar-refractivity contribution >= 4 is 77.7 Å². The lowest BCUT2D eigenvalue weighted by Gasteiger charge is -2.16. The number of aromatic carboxylic acids is 1. The van der Waals surface area contributed by atoms with E-state index in [1.807, 2.05) is 54.5 Å². The van der Waals surface area contributed by atoms with Gasteiger partial charge in [0, 0.05) is 27.9 Å². The van der Waals surface area contributed by atoms with Crippen molar-refractivity contribution in [1.29, 1.82) is 0 Å². The van der Waals surface area contributed by atoms with Crippen molar-refractivity contribution in [2.45, 2.75) is 197 Å². The number of carbonyl (C=O) groups is 11. The maximum Gasteiger partial charge on any atom is 0.357 e. The molecule has 106 heavy (non-hydrogen) atoms. The van der Waals surface area contributed by atoms with Gasteiger partial charge < -0.3 is 44.4 Å². The summed E-state index contributed by atoms with van der Waals surface area (Å²) >= 11 is 5.37. The molecule has 0 aliphatic rings. The number of hydrogen-bond acceptors (Lipinski definition) is 18. The molecule has 7 aromatic rings. The van der Waals surface area contributed by atoms with Gasteiger partial charge >= 0.3 is 23.9 Å². The van der Waals surface area contributed by atoms with Crippen molar-refractivity contribution in [3.05, 3.63) is 180 Å². The molecule has 4 aromatic heterocycles. The van der Waals surface area contributed by atoms with Gasteiger partial charge in [0.05, 0.1) is 73.4 Å². The quantitative estimate of drug-likeness (QED) is 0.00838. The Balaban J connectivity index is 0. The number of aryl methyl sites for hydroxylation is 1. The van der Waals surface area contributed by atoms with Crippen molar-refractivity contribution in [1.82, 2.24) is 19.0 Å². The second-order valence-corrected chi connectivity index (χ2v) is 23.0. The lowest BCUT2D eigenvalue weighted by Crippen LogP contribution is -2.29. The van der Waals surface area contributed by atoms with E-state index in [9.17, 15) is 57.8 Å². The zero-order valence-electron chi connectivity index (χ0n) is 60.9. The number of para-hydroxylation sites is 3. The number of nitrogen functional groups attached to an aromatic ring is 1. The molecule has 3 aromatic carbocycles. The first-order valence-corrected chi connectivity index (χ1v) is 34.5. The summed E-state index contributed by atoms with van der Waals surface area (Å²) in [7, 11) is 0. The van der Waals surface area contributed by atoms with Crippen LogP contribution < -0.4 is 30.9 Å². The first kappa shape index (κ1) is 97.5. The van der Waals surface area contributed by atoms with Crippen LogP contribution in [-0.4, -0.2) is 130 Å². The van der Waals surface area contributed by atoms with Gasteiger partial charge in [0.2, 0.25) is 0 Å². The van der Waals surface area contributed by atoms with Gasteiger partial charge in [0.1, 0.15) is 22.9 Å². The summed E-state index contributed by atoms with van der Waals surface area (Å²) < 4.78 is 35.5. The van der Waals surface area contributed by atoms with Gasteiger partial charge in [-0.25, -0.2) is 28.5 Å². The van der Waals surface area contributed by atoms with Crippen LogP contribution in [-0.2, 0) is 39.9 Å². The molecular weight excluding hydrogens is 1380 g/mol. The maximum absolute atomic E-state index is 13.0. The molecule has 0 atom stereocenters. The van der Waals surface area contributed by atoms with E-state index in [1.54, 1.807) is 115 Å². The molecule has 7 rings (SSSR count). The summed E-state index contributed by atoms with van der Waals surface area (Å²) in [5, 5.41) is 9.11. The number of rotatable bonds is 33. The molecular formula is C80H114ClN7O18. The highest BCUT2D eigenvalue weighted by atomic mass is 35.5. The maximum atomic E-state index is 13.0. The molecule has 25 nitrogen and oxygen atoms in total. The number of esters is 3. The van der Waals surface area contributed by atoms with Crippen molar-refractivity contribution in [3.8, 4) is 17.2 Å². The van der Waals surface area contributed by atoms with Gasteiger partial charge in [-0.1, -0.05) is 140 Å². The summed E-state index contributed by atoms with van der Waals surface area (Å²) in [6, 6.07) is 20.6. The second-order valence-electron chi connectivity index (χ2n) is 22.7. The molecule has 0 unspecified atom stereocenters. The van der Waals surface area contributed by atoms with E-state index in [0.29, 0.717) is 166 Å². The second kappa shape index (κ2) is 50.8. The number of nitrogens with zero attached hydrogens (tertiary/aromatic N) is 3. The van der Waals surface area contributed by atoms with Crippen LogP contribution >= 0.6 is 11.6 Å². The predicted octanol–water partition coefficient (Wildman–Crippen LogP) is 16.5. The number of benzene rings is 3. The van der Waals surface area contributed by atoms with Crippen LogP contribution in [0.1, 0.15) is 303 Å². The Labute approximate surface area is 630 Å². The smallest absolute Gasteiger partial charge is 0.357 e. The fraction of sp³-hybridized carbons (Fsp3) is 0.438. The van der Waals surface area contributed by atoms with Gasteiger partial charge in [-0.15, -0.1) is 0 Å². The highest BCUT2D eigenvalue weighted by Crippen LogP contribution is 2.28. The summed E-state index contributed by atoms with van der Waals surface area (Å²) in [5.74, 6) is 3.66. The van der Waals surface area contributed by atoms with Gasteiger partial charge in [0.15, 0.2) is 42.2 Å². The number of carboxylic acids is 1. The van der Waals surface area contributed by atoms with Crippen LogP contribution in [0.5, 0.6) is 17.2 Å². The number of ether oxygens (including phenoxy) is 6. The molecule has 0 aliphatic carbocycles. The lowest BCUT2D eigenvalue weighted by molar-refractivity contribution is 0.0504. The number of carbonyl (C=O) groups excluding carboxylic acids is 10. The minimum atomic E-state index is -1.21. The van der Waals surface area contributed by atoms with E-state index >= 15 is 0 Å². The third kappa shape index (κ3) is 25.9. The fourth-order valence-corrected chi connectivity index (χ4v) is 10.8. The summed E-state index contributed by atoms with van der Waals surface area (Å²) in [6.45, 7) is 28.1. The molecule has 0 saturated heterocycles. The molecule has 0 radical (unpaired) electrons. The highest BCUT2D eigenvalue weighted by molar-refractivity contribution is 6.68. The Morgan fingerprint density at radius 3 is 1.14 bits per heavy atom. The van der Waals surface area contributed by atoms with Crippen LogP contribution in [0.15, 0.2) is 72.8 Å². The van der Waals surface area contributed by atoms with Gasteiger partial charge in [-0.05, 0) is 164 Å². The van der Waals surface area contributed by atoms with Crippen molar-refractivity contribution in [2.75, 3.05) is 56.3 Å². The van der Waals surface area contributed by atoms with E-state index in [0.717, 1.165) is 63.2 Å². The number of nitrogens with two attached hydrogens (primary N) is 1. The average Bonchev–Trinajstić information content (AvgIpc) is 1.64. The topological polar surface area (TPSA) is 344 Å². The average molecular weight is 1500 g/mol. The molecule has 26 heteroatoms. The summed E-state index contributed by atoms with van der Waals surface area (Å²) in [5.41, 5.74) is 13.6. The molecule has 0 bridgehead atoms. The number of hydrogen-bond donors (Lipinski definition) is 5. The number of aldehydes is 4. The Morgan fingerprint density at radius 1 is 0.443 bits per heavy atom. The first-order valence-electron chi connectivity index (χ1n) is 34.2. The standard InChI is InChI=1S/C22H28N2O5.C20H24N2O5.C12H18N2O3.C12H17NO3.C10H11ClO2.4CH4/c1-5-10-18-17(14-25)15(4)20(22(27)28-7-3)24(18)23-21(26)16-11-8-9-12-19(16)29-13-6-2;1-4-8-16-15(12-23)13(3)18(20(25)26)22(16)21-19(24)14-9-6-7-10-17(14)27-11-5-2;1-4-6-10-9(7-15)8(3)11(14(10)13)12(16)17-5-2;1-4-6-10-9(7-14)8(3)11(13-10)12(15)16-5-2;1-2-7-13-9-6-4-3-5-8(9)10(11)12;;;;/h8-9,11-12,14H,5-7,10,13H2,1-4H3,(H,23,26);6-7,9-10,12H,4-5,8,11H2,1-3H3,(H,21,24)(H,25,26);7H,4-6,13H2,1-3H3;7,13H,4-6H2,1-3H3;3-6H,2,7H2,1H3;4*1H4. The molecule has 584 valence electrons. The van der Waals surface area contributed by atoms with Crippen LogP contribution in [0.3, 0.4) is 0 Å². The van der Waals surface area contributed by atoms with Crippen LogP contribution in [0, 0.1) is 27.7 Å². The molecule has 0 fully saturated rings. The largest absolute Gasteiger partial charge is 0.493 e. The van der Waals surface area contributed by atoms with Gasteiger partial charge in [-0.2, -0.15) is 0 Å². The molecule has 0 aliphatic heterocycles. The number of aromatic nitrogens is 4. The Morgan fingerprint density at radius 2 is 0.774 bits per heavy atom. The predicted molar refractivity (Wildman–Crippen MR) is 417 cm³/mol. The van der Waals surface area contributed by atoms with E-state index in [1.165, 1.54) is 14.0 Å². The zero-order chi connectivity index (χ0) is 76.2. The Bertz CT molecular complexity index is 4010. The molecule has 4 heterocycles. The third-order valence-corrected chi connectivity index (χ3v) is 15.5. The summed E-state index contributed by atoms with van der Waals surface area (Å²) in [6.07, 6.45) is 11.0. The van der Waals surface area contributed by atoms with Crippen LogP contribution in [0.2, 0.25) is 0 Å². The Kier molecular flexibility index (Phi) is 46.7. The van der Waals surface area contributed by atoms with E-state index < -0.39 is 40.9 Å². The van der Waals surface area contributed by atoms with Gasteiger partial charge in [-0.3, -0.25) is 49.1 Å². The number of amides is 2. The highest BCUT2D eigenvalue weighted by Gasteiger charge is 2.30. The van der Waals surface area contributed by atoms with Crippen molar-refractivity contribution in [3.63, 3.8) is 0 Å². The normalized spacial score (nSPS) is 9.92. The zero-order valence-corrected chi connectivity index (χ0v) is 61.7. The number of aromatic amines is 1. The van der Waals surface area contributed by atoms with E-state index in [2.05, 4.69) is 15.8 Å². The molecule has 0 spiro atoms. The number of carboxylic acid groups (broad SMARTS) is 1. The number of halogens is 1. The molecule has 2 amide bonds. The third-order valence-electron chi connectivity index (χ3n) is 15.3. The fourth-order valence-electron chi connectivity index (χ4n) is 10.6. The number of nitrogens with one attached hydrogen (secondary N) is 3. The van der Waals surface area contributed by atoms with E-state index in [4.69, 9.17) is 45.9 Å². The SMILES string of the molecule is C.C.C.C.CCCOc1ccccc1C(=O)Cl.CCCOc1ccccc1C(=O)Nn1c(CCC)c(C=O)c(C)c1C(=O)O.CCCOc1ccccc1C(=O)Nn1c(CCC)c(C=O)c(C)c1C(=O)OCC.CCCc1[nH]c(C(=O)OCC)c(C)c1C=O.CCCc1c(C=O)c(C)c(C(=O)OCC)n1N. The summed E-state index contributed by atoms with van der Waals surface area (Å²) in [4.78, 5) is 133. The van der Waals surface area contributed by atoms with Crippen molar-refractivity contribution in [2.24, 2.45) is 0 Å². The lowest BCUT2D eigenvalue weighted by atomic mass is 10.1. The van der Waals surface area contributed by atoms with Crippen LogP contribution in [0.25, 0.3) is 0 Å². The first-order chi connectivity index (χ1) is 48.9. The minimum Gasteiger partial charge on any atom is -0.493 e. The Hall–Kier alpha value is -10.6. The molecule has 6 N–H and O–H groups in total. The van der Waals surface area contributed by atoms with E-state index in [-0.39, 0.29) is 60.0 Å². The van der Waals surface area contributed by atoms with Gasteiger partial charge in [0.25, 0.3) is 17.1 Å². The van der Waals surface area contributed by atoms with Crippen LogP contribution in [0.4, 0.5) is 0 Å². The van der Waals surface area contributed by atoms with Crippen molar-refractivity contribution < 1.29 is 86.3 Å². The minimum absolute atomic E-state index is 0. The number of H-pyrrole nitrogens is 1.